The van der Waals surface area contributed by atoms with Crippen molar-refractivity contribution in [3.05, 3.63) is 0 Å². The van der Waals surface area contributed by atoms with Gasteiger partial charge in [0.05, 0.1) is 0 Å². The molecule has 0 aliphatic heterocycles. The fourth-order valence-electron chi connectivity index (χ4n) is 7.55. The van der Waals surface area contributed by atoms with Gasteiger partial charge in [0.2, 0.25) is 0 Å². The van der Waals surface area contributed by atoms with E-state index in [4.69, 9.17) is 0 Å². The summed E-state index contributed by atoms with van der Waals surface area (Å²) in [6.07, 6.45) is 14.0. The summed E-state index contributed by atoms with van der Waals surface area (Å²) in [6.45, 7) is 7.84. The van der Waals surface area contributed by atoms with Crippen LogP contribution in [0.25, 0.3) is 0 Å². The Bertz CT molecular complexity index is 372. The predicted molar refractivity (Wildman–Crippen MR) is 80.9 cm³/mol. The number of hydrogen-bond acceptors (Lipinski definition) is 0. The van der Waals surface area contributed by atoms with Crippen LogP contribution in [0.3, 0.4) is 0 Å². The van der Waals surface area contributed by atoms with Crippen molar-refractivity contribution in [1.29, 1.82) is 0 Å². The first-order valence-electron chi connectivity index (χ1n) is 9.03. The summed E-state index contributed by atoms with van der Waals surface area (Å²) in [6, 6.07) is 0. The summed E-state index contributed by atoms with van der Waals surface area (Å²) in [5.41, 5.74) is 1.47. The van der Waals surface area contributed by atoms with Gasteiger partial charge >= 0.3 is 0 Å². The van der Waals surface area contributed by atoms with E-state index >= 15 is 0 Å². The Morgan fingerprint density at radius 3 is 2.58 bits per heavy atom. The minimum absolute atomic E-state index is 0.728. The third-order valence-electron chi connectivity index (χ3n) is 8.32. The Morgan fingerprint density at radius 2 is 1.74 bits per heavy atom. The largest absolute Gasteiger partial charge is 0.0625 e. The van der Waals surface area contributed by atoms with E-state index < -0.39 is 0 Å². The van der Waals surface area contributed by atoms with Gasteiger partial charge in [-0.2, -0.15) is 0 Å². The molecule has 4 rings (SSSR count). The Hall–Kier alpha value is 0. The molecule has 7 atom stereocenters. The SMILES string of the molecule is C[C@@H]1CC2CCC3C4CCCC4(C)CCC3C2(C)C1. The number of hydrogen-bond donors (Lipinski definition) is 0. The van der Waals surface area contributed by atoms with E-state index in [1.165, 1.54) is 12.8 Å². The lowest BCUT2D eigenvalue weighted by Gasteiger charge is -2.56. The Morgan fingerprint density at radius 1 is 0.895 bits per heavy atom. The van der Waals surface area contributed by atoms with Crippen molar-refractivity contribution in [2.24, 2.45) is 40.4 Å². The summed E-state index contributed by atoms with van der Waals surface area (Å²) in [7, 11) is 0. The fraction of sp³-hybridized carbons (Fsp3) is 1.00. The molecule has 6 unspecified atom stereocenters. The quantitative estimate of drug-likeness (QED) is 0.527. The highest BCUT2D eigenvalue weighted by molar-refractivity contribution is 5.08. The number of rotatable bonds is 0. The molecule has 4 aliphatic rings. The van der Waals surface area contributed by atoms with Gasteiger partial charge in [-0.15, -0.1) is 0 Å². The molecule has 19 heavy (non-hydrogen) atoms. The third kappa shape index (κ3) is 1.64. The maximum absolute atomic E-state index is 2.69. The molecular formula is C19H32. The highest BCUT2D eigenvalue weighted by atomic mass is 14.6. The maximum Gasteiger partial charge on any atom is -0.0264 e. The van der Waals surface area contributed by atoms with E-state index in [1.807, 2.05) is 0 Å². The topological polar surface area (TPSA) is 0 Å². The molecule has 4 fully saturated rings. The molecule has 4 saturated carbocycles. The number of fused-ring (bicyclic) bond motifs is 5. The Labute approximate surface area is 119 Å². The predicted octanol–water partition coefficient (Wildman–Crippen LogP) is 5.67. The van der Waals surface area contributed by atoms with Crippen LogP contribution in [0.2, 0.25) is 0 Å². The van der Waals surface area contributed by atoms with Crippen LogP contribution in [-0.2, 0) is 0 Å². The molecule has 4 aliphatic carbocycles. The average Bonchev–Trinajstić information content (AvgIpc) is 2.87. The van der Waals surface area contributed by atoms with Crippen molar-refractivity contribution in [3.8, 4) is 0 Å². The first-order valence-corrected chi connectivity index (χ1v) is 9.03. The molecule has 0 radical (unpaired) electrons. The van der Waals surface area contributed by atoms with Crippen LogP contribution in [0.1, 0.15) is 78.6 Å². The van der Waals surface area contributed by atoms with Crippen molar-refractivity contribution >= 4 is 0 Å². The summed E-state index contributed by atoms with van der Waals surface area (Å²) in [4.78, 5) is 0. The zero-order valence-electron chi connectivity index (χ0n) is 13.3. The summed E-state index contributed by atoms with van der Waals surface area (Å²) >= 11 is 0. The molecule has 0 spiro atoms. The molecule has 0 aromatic heterocycles. The second kappa shape index (κ2) is 4.01. The highest BCUT2D eigenvalue weighted by Crippen LogP contribution is 2.67. The van der Waals surface area contributed by atoms with Crippen molar-refractivity contribution in [1.82, 2.24) is 0 Å². The molecule has 0 heterocycles. The standard InChI is InChI=1S/C19H32/c1-13-11-14-6-7-15-16-5-4-9-18(16,2)10-8-17(15)19(14,3)12-13/h13-17H,4-12H2,1-3H3/t13-,14?,15?,16?,17?,18?,19?/m1/s1. The van der Waals surface area contributed by atoms with Crippen molar-refractivity contribution < 1.29 is 0 Å². The van der Waals surface area contributed by atoms with Gasteiger partial charge in [-0.1, -0.05) is 27.2 Å². The lowest BCUT2D eigenvalue weighted by Crippen LogP contribution is -2.49. The Balaban J connectivity index is 1.65. The molecule has 0 aromatic carbocycles. The van der Waals surface area contributed by atoms with Gasteiger partial charge in [0.25, 0.3) is 0 Å². The summed E-state index contributed by atoms with van der Waals surface area (Å²) in [5, 5.41) is 0. The molecular weight excluding hydrogens is 228 g/mol. The summed E-state index contributed by atoms with van der Waals surface area (Å²) < 4.78 is 0. The van der Waals surface area contributed by atoms with Crippen LogP contribution >= 0.6 is 0 Å². The maximum atomic E-state index is 2.69. The van der Waals surface area contributed by atoms with Crippen LogP contribution in [0.5, 0.6) is 0 Å². The zero-order valence-corrected chi connectivity index (χ0v) is 13.3. The molecule has 0 N–H and O–H groups in total. The van der Waals surface area contributed by atoms with Gasteiger partial charge in [-0.25, -0.2) is 0 Å². The molecule has 0 saturated heterocycles. The molecule has 0 nitrogen and oxygen atoms in total. The smallest absolute Gasteiger partial charge is 0.0264 e. The minimum Gasteiger partial charge on any atom is -0.0625 e. The summed E-state index contributed by atoms with van der Waals surface area (Å²) in [5.74, 6) is 5.38. The van der Waals surface area contributed by atoms with Gasteiger partial charge in [-0.05, 0) is 91.8 Å². The van der Waals surface area contributed by atoms with E-state index in [1.54, 1.807) is 44.9 Å². The van der Waals surface area contributed by atoms with Gasteiger partial charge in [0.1, 0.15) is 0 Å². The average molecular weight is 260 g/mol. The van der Waals surface area contributed by atoms with Crippen LogP contribution in [-0.4, -0.2) is 0 Å². The fourth-order valence-corrected chi connectivity index (χ4v) is 7.55. The van der Waals surface area contributed by atoms with Crippen LogP contribution in [0.15, 0.2) is 0 Å². The van der Waals surface area contributed by atoms with E-state index in [9.17, 15) is 0 Å². The van der Waals surface area contributed by atoms with Crippen molar-refractivity contribution in [2.75, 3.05) is 0 Å². The van der Waals surface area contributed by atoms with E-state index in [0.29, 0.717) is 0 Å². The third-order valence-corrected chi connectivity index (χ3v) is 8.32. The van der Waals surface area contributed by atoms with Gasteiger partial charge in [-0.3, -0.25) is 0 Å². The second-order valence-corrected chi connectivity index (χ2v) is 9.29. The van der Waals surface area contributed by atoms with Crippen molar-refractivity contribution in [3.63, 3.8) is 0 Å². The minimum atomic E-state index is 0.728. The molecule has 0 aromatic rings. The first-order chi connectivity index (χ1) is 9.03. The lowest BCUT2D eigenvalue weighted by molar-refractivity contribution is -0.0748. The van der Waals surface area contributed by atoms with E-state index in [2.05, 4.69) is 20.8 Å². The molecule has 0 amide bonds. The Kier molecular flexibility index (Phi) is 2.69. The van der Waals surface area contributed by atoms with Gasteiger partial charge < -0.3 is 0 Å². The van der Waals surface area contributed by atoms with Crippen LogP contribution < -0.4 is 0 Å². The molecule has 0 bridgehead atoms. The van der Waals surface area contributed by atoms with Crippen molar-refractivity contribution in [2.45, 2.75) is 78.6 Å². The van der Waals surface area contributed by atoms with Crippen LogP contribution in [0.4, 0.5) is 0 Å². The second-order valence-electron chi connectivity index (χ2n) is 9.29. The van der Waals surface area contributed by atoms with Gasteiger partial charge in [0.15, 0.2) is 0 Å². The molecule has 108 valence electrons. The van der Waals surface area contributed by atoms with Crippen LogP contribution in [0, 0.1) is 40.4 Å². The zero-order chi connectivity index (χ0) is 13.3. The molecule has 0 heteroatoms. The highest BCUT2D eigenvalue weighted by Gasteiger charge is 2.58. The van der Waals surface area contributed by atoms with E-state index in [0.717, 1.165) is 40.4 Å². The van der Waals surface area contributed by atoms with E-state index in [-0.39, 0.29) is 0 Å². The lowest BCUT2D eigenvalue weighted by atomic mass is 9.48. The first kappa shape index (κ1) is 12.7. The monoisotopic (exact) mass is 260 g/mol. The van der Waals surface area contributed by atoms with Gasteiger partial charge in [0, 0.05) is 0 Å². The normalized spacial score (nSPS) is 60.5.